The maximum absolute atomic E-state index is 13.9. The van der Waals surface area contributed by atoms with E-state index in [4.69, 9.17) is 0 Å². The van der Waals surface area contributed by atoms with E-state index in [0.717, 1.165) is 6.42 Å². The zero-order valence-electron chi connectivity index (χ0n) is 13.5. The number of nitrogens with zero attached hydrogens (tertiary/aromatic N) is 1. The topological polar surface area (TPSA) is 69.6 Å². The molecule has 0 bridgehead atoms. The summed E-state index contributed by atoms with van der Waals surface area (Å²) in [6.45, 7) is 4.64. The van der Waals surface area contributed by atoms with Crippen molar-refractivity contribution in [2.75, 3.05) is 18.0 Å². The molecule has 0 spiro atoms. The monoisotopic (exact) mass is 322 g/mol. The van der Waals surface area contributed by atoms with Gasteiger partial charge >= 0.3 is 0 Å². The molecule has 1 atom stereocenters. The number of anilines is 1. The average molecular weight is 322 g/mol. The van der Waals surface area contributed by atoms with Crippen LogP contribution < -0.4 is 10.2 Å². The van der Waals surface area contributed by atoms with Gasteiger partial charge in [-0.15, -0.1) is 0 Å². The van der Waals surface area contributed by atoms with Crippen LogP contribution in [-0.2, 0) is 4.79 Å². The normalized spacial score (nSPS) is 16.0. The van der Waals surface area contributed by atoms with Crippen LogP contribution in [0, 0.1) is 11.7 Å². The lowest BCUT2D eigenvalue weighted by Crippen LogP contribution is -2.30. The molecule has 5 nitrogen and oxygen atoms in total. The second-order valence-corrected chi connectivity index (χ2v) is 6.17. The number of carbonyl (C=O) groups excluding carboxylic acids is 2. The molecule has 1 aliphatic rings. The predicted octanol–water partition coefficient (Wildman–Crippen LogP) is 2.09. The molecular formula is C17H23FN2O3. The molecule has 2 N–H and O–H groups in total. The molecule has 1 aliphatic heterocycles. The van der Waals surface area contributed by atoms with Crippen LogP contribution in [-0.4, -0.2) is 36.1 Å². The van der Waals surface area contributed by atoms with E-state index in [2.05, 4.69) is 5.32 Å². The van der Waals surface area contributed by atoms with Gasteiger partial charge in [0.15, 0.2) is 0 Å². The van der Waals surface area contributed by atoms with Crippen LogP contribution in [0.3, 0.4) is 0 Å². The van der Waals surface area contributed by atoms with Crippen molar-refractivity contribution in [1.82, 2.24) is 5.32 Å². The quantitative estimate of drug-likeness (QED) is 0.842. The molecule has 2 rings (SSSR count). The van der Waals surface area contributed by atoms with Crippen LogP contribution >= 0.6 is 0 Å². The molecule has 23 heavy (non-hydrogen) atoms. The first-order valence-corrected chi connectivity index (χ1v) is 7.96. The zero-order chi connectivity index (χ0) is 17.0. The lowest BCUT2D eigenvalue weighted by Gasteiger charge is -2.17. The third-order valence-electron chi connectivity index (χ3n) is 4.07. The Kier molecular flexibility index (Phi) is 5.71. The minimum Gasteiger partial charge on any atom is -0.393 e. The highest BCUT2D eigenvalue weighted by molar-refractivity contribution is 5.99. The molecule has 1 saturated heterocycles. The van der Waals surface area contributed by atoms with E-state index in [0.29, 0.717) is 25.1 Å². The number of benzene rings is 1. The Balaban J connectivity index is 2.03. The van der Waals surface area contributed by atoms with Crippen LogP contribution in [0.1, 0.15) is 43.5 Å². The predicted molar refractivity (Wildman–Crippen MR) is 85.8 cm³/mol. The van der Waals surface area contributed by atoms with Gasteiger partial charge in [0.2, 0.25) is 5.91 Å². The van der Waals surface area contributed by atoms with Crippen molar-refractivity contribution < 1.29 is 19.1 Å². The average Bonchev–Trinajstić information content (AvgIpc) is 2.93. The van der Waals surface area contributed by atoms with Crippen LogP contribution in [0.2, 0.25) is 0 Å². The number of hydrogen-bond acceptors (Lipinski definition) is 3. The summed E-state index contributed by atoms with van der Waals surface area (Å²) in [4.78, 5) is 25.5. The van der Waals surface area contributed by atoms with Crippen LogP contribution in [0.5, 0.6) is 0 Å². The van der Waals surface area contributed by atoms with Crippen molar-refractivity contribution in [3.63, 3.8) is 0 Å². The van der Waals surface area contributed by atoms with Crippen LogP contribution in [0.25, 0.3) is 0 Å². The van der Waals surface area contributed by atoms with Gasteiger partial charge in [0.1, 0.15) is 5.82 Å². The van der Waals surface area contributed by atoms with E-state index in [9.17, 15) is 19.1 Å². The smallest absolute Gasteiger partial charge is 0.254 e. The number of halogens is 1. The number of rotatable bonds is 6. The maximum Gasteiger partial charge on any atom is 0.254 e. The molecular weight excluding hydrogens is 299 g/mol. The van der Waals surface area contributed by atoms with Crippen LogP contribution in [0.4, 0.5) is 10.1 Å². The lowest BCUT2D eigenvalue weighted by molar-refractivity contribution is -0.117. The van der Waals surface area contributed by atoms with Gasteiger partial charge < -0.3 is 15.3 Å². The van der Waals surface area contributed by atoms with Gasteiger partial charge in [-0.25, -0.2) is 4.39 Å². The fourth-order valence-corrected chi connectivity index (χ4v) is 2.54. The zero-order valence-corrected chi connectivity index (χ0v) is 13.5. The highest BCUT2D eigenvalue weighted by Gasteiger charge is 2.23. The van der Waals surface area contributed by atoms with Crippen molar-refractivity contribution in [3.05, 3.63) is 29.6 Å². The molecule has 1 fully saturated rings. The van der Waals surface area contributed by atoms with Crippen molar-refractivity contribution in [2.45, 2.75) is 39.2 Å². The minimum atomic E-state index is -0.623. The summed E-state index contributed by atoms with van der Waals surface area (Å²) < 4.78 is 13.9. The van der Waals surface area contributed by atoms with E-state index in [1.54, 1.807) is 4.90 Å². The molecule has 0 saturated carbocycles. The first-order valence-electron chi connectivity index (χ1n) is 7.96. The van der Waals surface area contributed by atoms with Gasteiger partial charge in [-0.1, -0.05) is 13.8 Å². The SMILES string of the molecule is CC(C)C(O)CCNC(=O)c1cc(N2CCCC2=O)ccc1F. The van der Waals surface area contributed by atoms with E-state index in [1.165, 1.54) is 18.2 Å². The third-order valence-corrected chi connectivity index (χ3v) is 4.07. The summed E-state index contributed by atoms with van der Waals surface area (Å²) in [5, 5.41) is 12.3. The first-order chi connectivity index (χ1) is 10.9. The second kappa shape index (κ2) is 7.55. The molecule has 0 radical (unpaired) electrons. The third kappa shape index (κ3) is 4.28. The number of carbonyl (C=O) groups is 2. The van der Waals surface area contributed by atoms with Gasteiger partial charge in [0, 0.05) is 25.2 Å². The summed E-state index contributed by atoms with van der Waals surface area (Å²) in [5.74, 6) is -1.06. The lowest BCUT2D eigenvalue weighted by atomic mass is 10.0. The number of hydrogen-bond donors (Lipinski definition) is 2. The highest BCUT2D eigenvalue weighted by Crippen LogP contribution is 2.23. The largest absolute Gasteiger partial charge is 0.393 e. The second-order valence-electron chi connectivity index (χ2n) is 6.17. The van der Waals surface area contributed by atoms with Crippen molar-refractivity contribution in [1.29, 1.82) is 0 Å². The maximum atomic E-state index is 13.9. The Labute approximate surface area is 135 Å². The molecule has 1 unspecified atom stereocenters. The van der Waals surface area contributed by atoms with Crippen molar-refractivity contribution in [3.8, 4) is 0 Å². The summed E-state index contributed by atoms with van der Waals surface area (Å²) in [6, 6.07) is 4.13. The fourth-order valence-electron chi connectivity index (χ4n) is 2.54. The Hall–Kier alpha value is -1.95. The molecule has 1 heterocycles. The van der Waals surface area contributed by atoms with E-state index < -0.39 is 17.8 Å². The van der Waals surface area contributed by atoms with Gasteiger partial charge in [-0.05, 0) is 37.0 Å². The van der Waals surface area contributed by atoms with Gasteiger partial charge in [0.25, 0.3) is 5.91 Å². The molecule has 0 aromatic heterocycles. The Morgan fingerprint density at radius 3 is 2.78 bits per heavy atom. The molecule has 1 aromatic carbocycles. The van der Waals surface area contributed by atoms with Gasteiger partial charge in [-0.2, -0.15) is 0 Å². The van der Waals surface area contributed by atoms with E-state index in [-0.39, 0.29) is 23.9 Å². The molecule has 6 heteroatoms. The summed E-state index contributed by atoms with van der Waals surface area (Å²) >= 11 is 0. The molecule has 1 aromatic rings. The van der Waals surface area contributed by atoms with E-state index >= 15 is 0 Å². The minimum absolute atomic E-state index is 0.0111. The van der Waals surface area contributed by atoms with E-state index in [1.807, 2.05) is 13.8 Å². The van der Waals surface area contributed by atoms with Crippen molar-refractivity contribution >= 4 is 17.5 Å². The number of nitrogens with one attached hydrogen (secondary N) is 1. The first kappa shape index (κ1) is 17.4. The Morgan fingerprint density at radius 1 is 1.43 bits per heavy atom. The molecule has 2 amide bonds. The van der Waals surface area contributed by atoms with Gasteiger partial charge in [-0.3, -0.25) is 9.59 Å². The van der Waals surface area contributed by atoms with Crippen molar-refractivity contribution in [2.24, 2.45) is 5.92 Å². The highest BCUT2D eigenvalue weighted by atomic mass is 19.1. The van der Waals surface area contributed by atoms with Crippen LogP contribution in [0.15, 0.2) is 18.2 Å². The summed E-state index contributed by atoms with van der Waals surface area (Å²) in [5.41, 5.74) is 0.461. The summed E-state index contributed by atoms with van der Waals surface area (Å²) in [7, 11) is 0. The number of amides is 2. The Morgan fingerprint density at radius 2 is 2.17 bits per heavy atom. The molecule has 126 valence electrons. The van der Waals surface area contributed by atoms with Gasteiger partial charge in [0.05, 0.1) is 11.7 Å². The fraction of sp³-hybridized carbons (Fsp3) is 0.529. The Bertz CT molecular complexity index is 589. The standard InChI is InChI=1S/C17H23FN2O3/c1-11(2)15(21)7-8-19-17(23)13-10-12(5-6-14(13)18)20-9-3-4-16(20)22/h5-6,10-11,15,21H,3-4,7-9H2,1-2H3,(H,19,23). The summed E-state index contributed by atoms with van der Waals surface area (Å²) in [6.07, 6.45) is 1.15. The number of aliphatic hydroxyl groups is 1. The molecule has 0 aliphatic carbocycles. The number of aliphatic hydroxyl groups excluding tert-OH is 1.